The highest BCUT2D eigenvalue weighted by Crippen LogP contribution is 2.25. The van der Waals surface area contributed by atoms with Crippen LogP contribution in [0.25, 0.3) is 11.4 Å². The molecule has 7 heteroatoms. The number of rotatable bonds is 4. The van der Waals surface area contributed by atoms with Crippen molar-refractivity contribution in [3.05, 3.63) is 36.2 Å². The van der Waals surface area contributed by atoms with Gasteiger partial charge in [-0.25, -0.2) is 0 Å². The number of aromatic nitrogens is 2. The minimum absolute atomic E-state index is 0. The maximum atomic E-state index is 12.3. The largest absolute Gasteiger partial charge is 0.349 e. The van der Waals surface area contributed by atoms with E-state index in [1.165, 1.54) is 6.39 Å². The number of amides is 1. The Bertz CT molecular complexity index is 601. The highest BCUT2D eigenvalue weighted by molar-refractivity contribution is 5.94. The fourth-order valence-corrected chi connectivity index (χ4v) is 2.83. The molecule has 22 heavy (non-hydrogen) atoms. The Hall–Kier alpha value is -1.92. The van der Waals surface area contributed by atoms with Crippen LogP contribution in [0.1, 0.15) is 29.6 Å². The third-order valence-electron chi connectivity index (χ3n) is 4.04. The lowest BCUT2D eigenvalue weighted by Gasteiger charge is -2.19. The van der Waals surface area contributed by atoms with Gasteiger partial charge in [0.1, 0.15) is 0 Å². The molecule has 2 unspecified atom stereocenters. The number of hydrogen-bond acceptors (Lipinski definition) is 5. The standard InChI is InChI=1S/C15H18N4O2.ClH/c16-8-12-2-1-3-13(12)18-15(20)11-6-4-10(5-7-11)14-17-9-21-19-14;/h4-7,9,12-13H,1-3,8,16H2,(H,18,20);1H. The Kier molecular flexibility index (Phi) is 5.51. The molecule has 2 aromatic rings. The van der Waals surface area contributed by atoms with Crippen LogP contribution in [0.5, 0.6) is 0 Å². The molecular formula is C15H19ClN4O2. The summed E-state index contributed by atoms with van der Waals surface area (Å²) in [6.45, 7) is 0.627. The van der Waals surface area contributed by atoms with Crippen molar-refractivity contribution in [2.24, 2.45) is 11.7 Å². The molecule has 118 valence electrons. The summed E-state index contributed by atoms with van der Waals surface area (Å²) in [4.78, 5) is 16.2. The monoisotopic (exact) mass is 322 g/mol. The molecule has 0 aliphatic heterocycles. The summed E-state index contributed by atoms with van der Waals surface area (Å²) in [7, 11) is 0. The molecule has 3 N–H and O–H groups in total. The van der Waals surface area contributed by atoms with Crippen molar-refractivity contribution < 1.29 is 9.32 Å². The predicted octanol–water partition coefficient (Wildman–Crippen LogP) is 2.02. The Labute approximate surface area is 134 Å². The Balaban J connectivity index is 0.00000176. The lowest BCUT2D eigenvalue weighted by molar-refractivity contribution is 0.0929. The van der Waals surface area contributed by atoms with Crippen molar-refractivity contribution in [1.82, 2.24) is 15.5 Å². The van der Waals surface area contributed by atoms with Crippen LogP contribution in [0.2, 0.25) is 0 Å². The smallest absolute Gasteiger partial charge is 0.251 e. The summed E-state index contributed by atoms with van der Waals surface area (Å²) in [5, 5.41) is 6.85. The summed E-state index contributed by atoms with van der Waals surface area (Å²) in [6, 6.07) is 7.37. The number of benzene rings is 1. The second kappa shape index (κ2) is 7.38. The van der Waals surface area contributed by atoms with E-state index < -0.39 is 0 Å². The zero-order chi connectivity index (χ0) is 14.7. The number of halogens is 1. The van der Waals surface area contributed by atoms with E-state index in [1.54, 1.807) is 12.1 Å². The first-order valence-electron chi connectivity index (χ1n) is 7.15. The molecule has 1 amide bonds. The lowest BCUT2D eigenvalue weighted by atomic mass is 10.0. The molecule has 2 atom stereocenters. The van der Waals surface area contributed by atoms with Gasteiger partial charge in [0.05, 0.1) is 0 Å². The molecule has 1 fully saturated rings. The first-order chi connectivity index (χ1) is 10.3. The molecule has 1 heterocycles. The van der Waals surface area contributed by atoms with Crippen LogP contribution in [0, 0.1) is 5.92 Å². The highest BCUT2D eigenvalue weighted by Gasteiger charge is 2.27. The van der Waals surface area contributed by atoms with Gasteiger partial charge in [0.25, 0.3) is 5.91 Å². The summed E-state index contributed by atoms with van der Waals surface area (Å²) >= 11 is 0. The maximum absolute atomic E-state index is 12.3. The first kappa shape index (κ1) is 16.5. The molecule has 1 aliphatic carbocycles. The van der Waals surface area contributed by atoms with Crippen LogP contribution < -0.4 is 11.1 Å². The van der Waals surface area contributed by atoms with E-state index in [0.29, 0.717) is 23.9 Å². The molecule has 0 bridgehead atoms. The van der Waals surface area contributed by atoms with Crippen molar-refractivity contribution in [3.8, 4) is 11.4 Å². The van der Waals surface area contributed by atoms with Gasteiger partial charge in [-0.1, -0.05) is 23.7 Å². The number of hydrogen-bond donors (Lipinski definition) is 2. The molecule has 1 aliphatic rings. The number of nitrogens with two attached hydrogens (primary N) is 1. The van der Waals surface area contributed by atoms with Crippen molar-refractivity contribution in [3.63, 3.8) is 0 Å². The van der Waals surface area contributed by atoms with Crippen LogP contribution in [-0.4, -0.2) is 28.6 Å². The van der Waals surface area contributed by atoms with Crippen LogP contribution in [0.3, 0.4) is 0 Å². The number of carbonyl (C=O) groups is 1. The third-order valence-corrected chi connectivity index (χ3v) is 4.04. The molecule has 0 spiro atoms. The molecule has 6 nitrogen and oxygen atoms in total. The van der Waals surface area contributed by atoms with Gasteiger partial charge in [-0.15, -0.1) is 12.4 Å². The van der Waals surface area contributed by atoms with E-state index in [4.69, 9.17) is 10.3 Å². The minimum Gasteiger partial charge on any atom is -0.349 e. The number of carbonyl (C=O) groups excluding carboxylic acids is 1. The van der Waals surface area contributed by atoms with Crippen LogP contribution in [-0.2, 0) is 0 Å². The average molecular weight is 323 g/mol. The van der Waals surface area contributed by atoms with Gasteiger partial charge < -0.3 is 15.6 Å². The van der Waals surface area contributed by atoms with E-state index in [1.807, 2.05) is 12.1 Å². The van der Waals surface area contributed by atoms with Crippen molar-refractivity contribution >= 4 is 18.3 Å². The lowest BCUT2D eigenvalue weighted by Crippen LogP contribution is -2.39. The number of nitrogens with one attached hydrogen (secondary N) is 1. The van der Waals surface area contributed by atoms with Gasteiger partial charge in [0.2, 0.25) is 12.2 Å². The molecular weight excluding hydrogens is 304 g/mol. The highest BCUT2D eigenvalue weighted by atomic mass is 35.5. The Morgan fingerprint density at radius 2 is 2.09 bits per heavy atom. The topological polar surface area (TPSA) is 94.0 Å². The van der Waals surface area contributed by atoms with Crippen LogP contribution in [0.15, 0.2) is 35.2 Å². The second-order valence-corrected chi connectivity index (χ2v) is 5.34. The fourth-order valence-electron chi connectivity index (χ4n) is 2.83. The average Bonchev–Trinajstić information content (AvgIpc) is 3.18. The number of nitrogens with zero attached hydrogens (tertiary/aromatic N) is 2. The van der Waals surface area contributed by atoms with Gasteiger partial charge >= 0.3 is 0 Å². The summed E-state index contributed by atoms with van der Waals surface area (Å²) < 4.78 is 4.71. The summed E-state index contributed by atoms with van der Waals surface area (Å²) in [6.07, 6.45) is 4.51. The predicted molar refractivity (Wildman–Crippen MR) is 84.6 cm³/mol. The van der Waals surface area contributed by atoms with E-state index in [0.717, 1.165) is 24.8 Å². The maximum Gasteiger partial charge on any atom is 0.251 e. The Morgan fingerprint density at radius 1 is 1.32 bits per heavy atom. The van der Waals surface area contributed by atoms with E-state index in [-0.39, 0.29) is 24.4 Å². The SMILES string of the molecule is Cl.NCC1CCCC1NC(=O)c1ccc(-c2ncon2)cc1. The van der Waals surface area contributed by atoms with E-state index >= 15 is 0 Å². The van der Waals surface area contributed by atoms with Crippen LogP contribution >= 0.6 is 12.4 Å². The van der Waals surface area contributed by atoms with Gasteiger partial charge in [-0.2, -0.15) is 4.98 Å². The normalized spacial score (nSPS) is 20.4. The van der Waals surface area contributed by atoms with E-state index in [9.17, 15) is 4.79 Å². The van der Waals surface area contributed by atoms with Crippen molar-refractivity contribution in [2.75, 3.05) is 6.54 Å². The minimum atomic E-state index is -0.0555. The van der Waals surface area contributed by atoms with Gasteiger partial charge in [-0.05, 0) is 37.4 Å². The van der Waals surface area contributed by atoms with Gasteiger partial charge in [-0.3, -0.25) is 4.79 Å². The summed E-state index contributed by atoms with van der Waals surface area (Å²) in [5.41, 5.74) is 7.19. The first-order valence-corrected chi connectivity index (χ1v) is 7.15. The second-order valence-electron chi connectivity index (χ2n) is 5.34. The fraction of sp³-hybridized carbons (Fsp3) is 0.400. The zero-order valence-electron chi connectivity index (χ0n) is 12.1. The van der Waals surface area contributed by atoms with Crippen LogP contribution in [0.4, 0.5) is 0 Å². The third kappa shape index (κ3) is 3.45. The van der Waals surface area contributed by atoms with Gasteiger partial charge in [0.15, 0.2) is 0 Å². The van der Waals surface area contributed by atoms with Crippen molar-refractivity contribution in [2.45, 2.75) is 25.3 Å². The zero-order valence-corrected chi connectivity index (χ0v) is 12.9. The molecule has 0 radical (unpaired) electrons. The van der Waals surface area contributed by atoms with Gasteiger partial charge in [0, 0.05) is 17.2 Å². The molecule has 1 saturated carbocycles. The molecule has 1 aromatic carbocycles. The van der Waals surface area contributed by atoms with Crippen molar-refractivity contribution in [1.29, 1.82) is 0 Å². The Morgan fingerprint density at radius 3 is 2.73 bits per heavy atom. The summed E-state index contributed by atoms with van der Waals surface area (Å²) in [5.74, 6) is 0.855. The molecule has 0 saturated heterocycles. The quantitative estimate of drug-likeness (QED) is 0.898. The van der Waals surface area contributed by atoms with E-state index in [2.05, 4.69) is 15.5 Å². The molecule has 1 aromatic heterocycles. The molecule has 3 rings (SSSR count).